The van der Waals surface area contributed by atoms with Gasteiger partial charge < -0.3 is 25.3 Å². The van der Waals surface area contributed by atoms with Crippen LogP contribution in [0.4, 0.5) is 0 Å². The van der Waals surface area contributed by atoms with Crippen LogP contribution >= 0.6 is 0 Å². The van der Waals surface area contributed by atoms with Gasteiger partial charge in [0, 0.05) is 13.1 Å². The summed E-state index contributed by atoms with van der Waals surface area (Å²) in [6, 6.07) is 16.7. The van der Waals surface area contributed by atoms with Gasteiger partial charge in [0.25, 0.3) is 0 Å². The van der Waals surface area contributed by atoms with E-state index in [-0.39, 0.29) is 6.61 Å². The van der Waals surface area contributed by atoms with Crippen LogP contribution in [-0.4, -0.2) is 63.6 Å². The van der Waals surface area contributed by atoms with Crippen molar-refractivity contribution in [1.29, 1.82) is 0 Å². The van der Waals surface area contributed by atoms with E-state index in [1.165, 1.54) is 0 Å². The molecule has 1 saturated heterocycles. The summed E-state index contributed by atoms with van der Waals surface area (Å²) >= 11 is 0. The number of benzene rings is 2. The summed E-state index contributed by atoms with van der Waals surface area (Å²) in [5.74, 6) is -1.28. The minimum Gasteiger partial charge on any atom is -0.479 e. The Balaban J connectivity index is 0.000000223. The molecule has 1 aliphatic rings. The predicted molar refractivity (Wildman–Crippen MR) is 102 cm³/mol. The van der Waals surface area contributed by atoms with Gasteiger partial charge >= 0.3 is 5.97 Å². The maximum absolute atomic E-state index is 11.4. The third-order valence-corrected chi connectivity index (χ3v) is 4.90. The standard InChI is InChI=1S/C14H12O3.C7H15NO2/c15-13(16)14(17,11-7-3-1-4-8-11)12-9-5-2-6-10-12;1-8-4-2-7(10,6-9)3-5-8/h1-10,17H,(H,15,16);9-10H,2-6H2,1H3. The minimum absolute atomic E-state index is 0.0964. The number of hydrogen-bond donors (Lipinski definition) is 4. The average Bonchev–Trinajstić information content (AvgIpc) is 2.71. The molecule has 4 N–H and O–H groups in total. The Morgan fingerprint density at radius 2 is 1.41 bits per heavy atom. The number of hydrogen-bond acceptors (Lipinski definition) is 5. The SMILES string of the molecule is CN1CCC(O)(CO)CC1.O=C(O)C(O)(c1ccccc1)c1ccccc1. The summed E-state index contributed by atoms with van der Waals surface area (Å²) in [5.41, 5.74) is -2.09. The monoisotopic (exact) mass is 373 g/mol. The molecule has 0 spiro atoms. The Morgan fingerprint density at radius 3 is 1.74 bits per heavy atom. The molecule has 27 heavy (non-hydrogen) atoms. The van der Waals surface area contributed by atoms with Crippen molar-refractivity contribution in [3.63, 3.8) is 0 Å². The summed E-state index contributed by atoms with van der Waals surface area (Å²) in [4.78, 5) is 13.5. The van der Waals surface area contributed by atoms with E-state index in [1.54, 1.807) is 60.7 Å². The Labute approximate surface area is 159 Å². The molecule has 1 fully saturated rings. The lowest BCUT2D eigenvalue weighted by Gasteiger charge is -2.34. The molecule has 0 bridgehead atoms. The number of likely N-dealkylation sites (tertiary alicyclic amines) is 1. The highest BCUT2D eigenvalue weighted by atomic mass is 16.4. The first-order chi connectivity index (χ1) is 12.8. The Kier molecular flexibility index (Phi) is 7.10. The Hall–Kier alpha value is -2.25. The molecule has 1 aliphatic heterocycles. The maximum Gasteiger partial charge on any atom is 0.345 e. The zero-order valence-corrected chi connectivity index (χ0v) is 15.5. The fourth-order valence-electron chi connectivity index (χ4n) is 2.97. The van der Waals surface area contributed by atoms with E-state index in [4.69, 9.17) is 5.11 Å². The lowest BCUT2D eigenvalue weighted by molar-refractivity contribution is -0.155. The van der Waals surface area contributed by atoms with Gasteiger partial charge in [-0.2, -0.15) is 0 Å². The van der Waals surface area contributed by atoms with Gasteiger partial charge in [-0.3, -0.25) is 0 Å². The van der Waals surface area contributed by atoms with Crippen LogP contribution in [0.5, 0.6) is 0 Å². The van der Waals surface area contributed by atoms with Crippen LogP contribution in [0.2, 0.25) is 0 Å². The zero-order valence-electron chi connectivity index (χ0n) is 15.5. The van der Waals surface area contributed by atoms with Crippen LogP contribution in [0.1, 0.15) is 24.0 Å². The summed E-state index contributed by atoms with van der Waals surface area (Å²) < 4.78 is 0. The predicted octanol–water partition coefficient (Wildman–Crippen LogP) is 1.44. The lowest BCUT2D eigenvalue weighted by Crippen LogP contribution is -2.45. The first-order valence-corrected chi connectivity index (χ1v) is 8.90. The second-order valence-corrected chi connectivity index (χ2v) is 6.93. The molecule has 0 unspecified atom stereocenters. The largest absolute Gasteiger partial charge is 0.479 e. The molecule has 2 aromatic rings. The minimum atomic E-state index is -2.00. The third-order valence-electron chi connectivity index (χ3n) is 4.90. The van der Waals surface area contributed by atoms with E-state index in [2.05, 4.69) is 4.90 Å². The second-order valence-electron chi connectivity index (χ2n) is 6.93. The number of piperidine rings is 1. The normalized spacial score (nSPS) is 16.9. The van der Waals surface area contributed by atoms with E-state index >= 15 is 0 Å². The molecule has 0 atom stereocenters. The van der Waals surface area contributed by atoms with Gasteiger partial charge in [-0.15, -0.1) is 0 Å². The van der Waals surface area contributed by atoms with Crippen molar-refractivity contribution in [2.24, 2.45) is 0 Å². The molecule has 146 valence electrons. The fraction of sp³-hybridized carbons (Fsp3) is 0.381. The Morgan fingerprint density at radius 1 is 1.00 bits per heavy atom. The van der Waals surface area contributed by atoms with E-state index < -0.39 is 17.2 Å². The van der Waals surface area contributed by atoms with E-state index in [0.29, 0.717) is 24.0 Å². The highest BCUT2D eigenvalue weighted by molar-refractivity contribution is 5.83. The number of carbonyl (C=O) groups is 1. The lowest BCUT2D eigenvalue weighted by atomic mass is 9.86. The van der Waals surface area contributed by atoms with Gasteiger partial charge in [-0.05, 0) is 31.0 Å². The van der Waals surface area contributed by atoms with Gasteiger partial charge in [-0.1, -0.05) is 60.7 Å². The quantitative estimate of drug-likeness (QED) is 0.647. The van der Waals surface area contributed by atoms with Crippen molar-refractivity contribution >= 4 is 5.97 Å². The van der Waals surface area contributed by atoms with Crippen molar-refractivity contribution in [1.82, 2.24) is 4.90 Å². The first kappa shape index (κ1) is 21.1. The van der Waals surface area contributed by atoms with Crippen LogP contribution in [0, 0.1) is 0 Å². The number of carboxylic acids is 1. The van der Waals surface area contributed by atoms with E-state index in [0.717, 1.165) is 13.1 Å². The topological polar surface area (TPSA) is 101 Å². The highest BCUT2D eigenvalue weighted by Crippen LogP contribution is 2.29. The molecule has 6 heteroatoms. The summed E-state index contributed by atoms with van der Waals surface area (Å²) in [7, 11) is 2.02. The van der Waals surface area contributed by atoms with Gasteiger partial charge in [0.05, 0.1) is 12.2 Å². The molecule has 0 saturated carbocycles. The molecule has 0 amide bonds. The third kappa shape index (κ3) is 5.14. The molecule has 1 heterocycles. The van der Waals surface area contributed by atoms with Crippen molar-refractivity contribution in [3.8, 4) is 0 Å². The van der Waals surface area contributed by atoms with Crippen LogP contribution in [0.25, 0.3) is 0 Å². The maximum atomic E-state index is 11.4. The van der Waals surface area contributed by atoms with Crippen molar-refractivity contribution in [2.45, 2.75) is 24.0 Å². The van der Waals surface area contributed by atoms with Crippen molar-refractivity contribution in [2.75, 3.05) is 26.7 Å². The molecule has 0 aliphatic carbocycles. The van der Waals surface area contributed by atoms with Crippen molar-refractivity contribution in [3.05, 3.63) is 71.8 Å². The van der Waals surface area contributed by atoms with E-state index in [1.807, 2.05) is 7.05 Å². The molecule has 0 aromatic heterocycles. The summed E-state index contributed by atoms with van der Waals surface area (Å²) in [5, 5.41) is 38.0. The molecule has 0 radical (unpaired) electrons. The van der Waals surface area contributed by atoms with Gasteiger partial charge in [0.2, 0.25) is 5.60 Å². The number of aliphatic hydroxyl groups excluding tert-OH is 1. The number of rotatable bonds is 4. The zero-order chi connectivity index (χ0) is 19.9. The van der Waals surface area contributed by atoms with Gasteiger partial charge in [0.15, 0.2) is 0 Å². The van der Waals surface area contributed by atoms with Crippen LogP contribution in [0.15, 0.2) is 60.7 Å². The highest BCUT2D eigenvalue weighted by Gasteiger charge is 2.39. The smallest absolute Gasteiger partial charge is 0.345 e. The fourth-order valence-corrected chi connectivity index (χ4v) is 2.97. The number of aliphatic hydroxyl groups is 3. The van der Waals surface area contributed by atoms with Crippen LogP contribution in [0.3, 0.4) is 0 Å². The van der Waals surface area contributed by atoms with E-state index in [9.17, 15) is 20.1 Å². The summed E-state index contributed by atoms with van der Waals surface area (Å²) in [6.45, 7) is 1.68. The number of nitrogens with zero attached hydrogens (tertiary/aromatic N) is 1. The van der Waals surface area contributed by atoms with Gasteiger partial charge in [-0.25, -0.2) is 4.79 Å². The first-order valence-electron chi connectivity index (χ1n) is 8.90. The van der Waals surface area contributed by atoms with Crippen molar-refractivity contribution < 1.29 is 25.2 Å². The van der Waals surface area contributed by atoms with Crippen LogP contribution in [-0.2, 0) is 10.4 Å². The molecule has 2 aromatic carbocycles. The number of carboxylic acid groups (broad SMARTS) is 1. The summed E-state index contributed by atoms with van der Waals surface area (Å²) in [6.07, 6.45) is 1.39. The second kappa shape index (κ2) is 9.10. The Bertz CT molecular complexity index is 672. The molecular weight excluding hydrogens is 346 g/mol. The molecule has 3 rings (SSSR count). The number of aliphatic carboxylic acids is 1. The van der Waals surface area contributed by atoms with Crippen LogP contribution < -0.4 is 0 Å². The van der Waals surface area contributed by atoms with Gasteiger partial charge in [0.1, 0.15) is 0 Å². The average molecular weight is 373 g/mol. The molecular formula is C21H27NO5. The molecule has 6 nitrogen and oxygen atoms in total.